The molecule has 134 valence electrons. The van der Waals surface area contributed by atoms with Crippen molar-refractivity contribution in [1.82, 2.24) is 15.1 Å². The number of anilines is 2. The Hall–Kier alpha value is -3.42. The van der Waals surface area contributed by atoms with Crippen LogP contribution in [-0.2, 0) is 6.42 Å². The van der Waals surface area contributed by atoms with Crippen LogP contribution in [0.25, 0.3) is 0 Å². The summed E-state index contributed by atoms with van der Waals surface area (Å²) in [7, 11) is 1.65. The molecule has 1 amide bonds. The van der Waals surface area contributed by atoms with Crippen molar-refractivity contribution in [3.05, 3.63) is 59.7 Å². The number of rotatable bonds is 7. The quantitative estimate of drug-likeness (QED) is 0.673. The van der Waals surface area contributed by atoms with Crippen molar-refractivity contribution in [2.45, 2.75) is 13.3 Å². The number of carbonyl (C=O) groups excluding carboxylic acids is 1. The Morgan fingerprint density at radius 2 is 2.08 bits per heavy atom. The zero-order valence-electron chi connectivity index (χ0n) is 14.5. The number of amides is 1. The summed E-state index contributed by atoms with van der Waals surface area (Å²) in [6, 6.07) is 9.52. The summed E-state index contributed by atoms with van der Waals surface area (Å²) >= 11 is 0. The summed E-state index contributed by atoms with van der Waals surface area (Å²) in [4.78, 5) is 20.4. The minimum atomic E-state index is -0.395. The molecule has 0 saturated carbocycles. The first kappa shape index (κ1) is 17.4. The Labute approximate surface area is 150 Å². The lowest BCUT2D eigenvalue weighted by Gasteiger charge is -2.07. The van der Waals surface area contributed by atoms with Gasteiger partial charge >= 0.3 is 0 Å². The largest absolute Gasteiger partial charge is 0.497 e. The van der Waals surface area contributed by atoms with Crippen molar-refractivity contribution in [3.8, 4) is 5.75 Å². The molecule has 2 aromatic heterocycles. The number of aryl methyl sites for hydroxylation is 1. The molecule has 0 aliphatic heterocycles. The van der Waals surface area contributed by atoms with Crippen molar-refractivity contribution in [2.75, 3.05) is 24.3 Å². The van der Waals surface area contributed by atoms with Crippen molar-refractivity contribution in [1.29, 1.82) is 0 Å². The number of hydrogen-bond acceptors (Lipinski definition) is 7. The van der Waals surface area contributed by atoms with Crippen LogP contribution >= 0.6 is 0 Å². The van der Waals surface area contributed by atoms with Crippen molar-refractivity contribution in [2.24, 2.45) is 0 Å². The maximum Gasteiger partial charge on any atom is 0.277 e. The highest BCUT2D eigenvalue weighted by Gasteiger charge is 2.10. The van der Waals surface area contributed by atoms with E-state index in [1.54, 1.807) is 20.1 Å². The average molecular weight is 353 g/mol. The maximum atomic E-state index is 12.1. The topological polar surface area (TPSA) is 102 Å². The predicted molar refractivity (Wildman–Crippen MR) is 96.4 cm³/mol. The van der Waals surface area contributed by atoms with E-state index in [1.807, 2.05) is 24.3 Å². The first-order valence-electron chi connectivity index (χ1n) is 8.07. The molecule has 2 heterocycles. The lowest BCUT2D eigenvalue weighted by Crippen LogP contribution is -2.15. The van der Waals surface area contributed by atoms with Gasteiger partial charge in [0.05, 0.1) is 19.5 Å². The molecule has 0 aliphatic rings. The molecular weight excluding hydrogens is 334 g/mol. The molecule has 3 rings (SSSR count). The van der Waals surface area contributed by atoms with Gasteiger partial charge in [0.1, 0.15) is 23.0 Å². The Morgan fingerprint density at radius 3 is 2.77 bits per heavy atom. The molecule has 0 unspecified atom stereocenters. The van der Waals surface area contributed by atoms with Gasteiger partial charge in [0.2, 0.25) is 0 Å². The molecule has 0 bridgehead atoms. The smallest absolute Gasteiger partial charge is 0.277 e. The second-order valence-electron chi connectivity index (χ2n) is 5.59. The summed E-state index contributed by atoms with van der Waals surface area (Å²) in [6.07, 6.45) is 3.75. The van der Waals surface area contributed by atoms with E-state index in [0.29, 0.717) is 23.9 Å². The van der Waals surface area contributed by atoms with Gasteiger partial charge < -0.3 is 19.9 Å². The number of nitrogens with zero attached hydrogens (tertiary/aromatic N) is 3. The van der Waals surface area contributed by atoms with E-state index in [1.165, 1.54) is 12.4 Å². The van der Waals surface area contributed by atoms with Crippen LogP contribution in [0.15, 0.2) is 47.2 Å². The van der Waals surface area contributed by atoms with Crippen LogP contribution in [0.2, 0.25) is 0 Å². The second-order valence-corrected chi connectivity index (χ2v) is 5.59. The standard InChI is InChI=1S/C18H19N5O3/c1-12-8-16(23-26-12)22-18(24)15-10-21-17(11-20-15)19-7-6-13-4-3-5-14(9-13)25-2/h3-5,8-11H,6-7H2,1-2H3,(H,19,21)(H,22,23,24). The highest BCUT2D eigenvalue weighted by atomic mass is 16.5. The van der Waals surface area contributed by atoms with Gasteiger partial charge in [0, 0.05) is 12.6 Å². The van der Waals surface area contributed by atoms with E-state index in [0.717, 1.165) is 17.7 Å². The lowest BCUT2D eigenvalue weighted by molar-refractivity contribution is 0.102. The van der Waals surface area contributed by atoms with Crippen LogP contribution in [0, 0.1) is 6.92 Å². The van der Waals surface area contributed by atoms with E-state index >= 15 is 0 Å². The third kappa shape index (κ3) is 4.56. The first-order valence-corrected chi connectivity index (χ1v) is 8.07. The molecule has 26 heavy (non-hydrogen) atoms. The fourth-order valence-corrected chi connectivity index (χ4v) is 2.31. The van der Waals surface area contributed by atoms with Crippen LogP contribution in [0.3, 0.4) is 0 Å². The van der Waals surface area contributed by atoms with Gasteiger partial charge in [-0.05, 0) is 31.0 Å². The summed E-state index contributed by atoms with van der Waals surface area (Å²) in [5.74, 6) is 1.99. The molecule has 8 nitrogen and oxygen atoms in total. The van der Waals surface area contributed by atoms with Crippen molar-refractivity contribution < 1.29 is 14.1 Å². The minimum Gasteiger partial charge on any atom is -0.497 e. The average Bonchev–Trinajstić information content (AvgIpc) is 3.07. The summed E-state index contributed by atoms with van der Waals surface area (Å²) in [5.41, 5.74) is 1.35. The lowest BCUT2D eigenvalue weighted by atomic mass is 10.1. The van der Waals surface area contributed by atoms with Crippen LogP contribution in [0.1, 0.15) is 21.8 Å². The SMILES string of the molecule is COc1cccc(CCNc2cnc(C(=O)Nc3cc(C)on3)cn2)c1. The number of nitrogens with one attached hydrogen (secondary N) is 2. The van der Waals surface area contributed by atoms with Crippen LogP contribution < -0.4 is 15.4 Å². The zero-order valence-corrected chi connectivity index (χ0v) is 14.5. The Kier molecular flexibility index (Phi) is 5.43. The van der Waals surface area contributed by atoms with E-state index in [9.17, 15) is 4.79 Å². The summed E-state index contributed by atoms with van der Waals surface area (Å²) in [5, 5.41) is 9.48. The molecule has 2 N–H and O–H groups in total. The van der Waals surface area contributed by atoms with Crippen molar-refractivity contribution >= 4 is 17.5 Å². The molecule has 1 aromatic carbocycles. The number of ether oxygens (including phenoxy) is 1. The summed E-state index contributed by atoms with van der Waals surface area (Å²) < 4.78 is 10.1. The Morgan fingerprint density at radius 1 is 1.19 bits per heavy atom. The number of carbonyl (C=O) groups is 1. The van der Waals surface area contributed by atoms with Gasteiger partial charge in [-0.25, -0.2) is 9.97 Å². The number of aromatic nitrogens is 3. The number of hydrogen-bond donors (Lipinski definition) is 2. The number of methoxy groups -OCH3 is 1. The van der Waals surface area contributed by atoms with Gasteiger partial charge in [0.15, 0.2) is 5.82 Å². The van der Waals surface area contributed by atoms with Crippen molar-refractivity contribution in [3.63, 3.8) is 0 Å². The molecule has 3 aromatic rings. The van der Waals surface area contributed by atoms with Gasteiger partial charge in [-0.1, -0.05) is 17.3 Å². The van der Waals surface area contributed by atoms with Gasteiger partial charge in [-0.2, -0.15) is 0 Å². The van der Waals surface area contributed by atoms with E-state index in [4.69, 9.17) is 9.26 Å². The number of benzene rings is 1. The van der Waals surface area contributed by atoms with Crippen LogP contribution in [-0.4, -0.2) is 34.7 Å². The molecule has 0 radical (unpaired) electrons. The van der Waals surface area contributed by atoms with E-state index < -0.39 is 5.91 Å². The van der Waals surface area contributed by atoms with Gasteiger partial charge in [0.25, 0.3) is 5.91 Å². The van der Waals surface area contributed by atoms with Crippen LogP contribution in [0.4, 0.5) is 11.6 Å². The molecule has 0 atom stereocenters. The first-order chi connectivity index (χ1) is 12.6. The molecule has 0 fully saturated rings. The monoisotopic (exact) mass is 353 g/mol. The Balaban J connectivity index is 1.51. The van der Waals surface area contributed by atoms with Crippen LogP contribution in [0.5, 0.6) is 5.75 Å². The summed E-state index contributed by atoms with van der Waals surface area (Å²) in [6.45, 7) is 2.43. The zero-order chi connectivity index (χ0) is 18.4. The fraction of sp³-hybridized carbons (Fsp3) is 0.222. The predicted octanol–water partition coefficient (Wildman–Crippen LogP) is 2.69. The normalized spacial score (nSPS) is 10.4. The Bertz CT molecular complexity index is 877. The minimum absolute atomic E-state index is 0.198. The van der Waals surface area contributed by atoms with Gasteiger partial charge in [-0.15, -0.1) is 0 Å². The molecule has 0 saturated heterocycles. The highest BCUT2D eigenvalue weighted by molar-refractivity contribution is 6.02. The van der Waals surface area contributed by atoms with Gasteiger partial charge in [-0.3, -0.25) is 4.79 Å². The maximum absolute atomic E-state index is 12.1. The highest BCUT2D eigenvalue weighted by Crippen LogP contribution is 2.13. The third-order valence-corrected chi connectivity index (χ3v) is 3.61. The molecule has 0 aliphatic carbocycles. The second kappa shape index (κ2) is 8.11. The molecule has 8 heteroatoms. The molecule has 0 spiro atoms. The molecular formula is C18H19N5O3. The van der Waals surface area contributed by atoms with E-state index in [2.05, 4.69) is 25.8 Å². The van der Waals surface area contributed by atoms with E-state index in [-0.39, 0.29) is 5.69 Å². The fourth-order valence-electron chi connectivity index (χ4n) is 2.31. The third-order valence-electron chi connectivity index (χ3n) is 3.61.